The van der Waals surface area contributed by atoms with Crippen molar-refractivity contribution in [1.82, 2.24) is 9.97 Å². The van der Waals surface area contributed by atoms with Crippen molar-refractivity contribution < 1.29 is 4.42 Å². The number of furan rings is 1. The molecule has 1 aliphatic rings. The van der Waals surface area contributed by atoms with E-state index in [2.05, 4.69) is 108 Å². The third-order valence-corrected chi connectivity index (χ3v) is 8.11. The van der Waals surface area contributed by atoms with E-state index in [1.807, 2.05) is 24.3 Å². The zero-order valence-corrected chi connectivity index (χ0v) is 21.6. The summed E-state index contributed by atoms with van der Waals surface area (Å²) in [5.74, 6) is 0. The molecule has 2 aromatic heterocycles. The molecule has 0 amide bonds. The molecule has 5 aromatic carbocycles. The van der Waals surface area contributed by atoms with Crippen molar-refractivity contribution in [2.45, 2.75) is 5.41 Å². The van der Waals surface area contributed by atoms with Crippen LogP contribution in [0.25, 0.3) is 44.5 Å². The molecule has 0 saturated heterocycles. The number of hydrogen-bond acceptors (Lipinski definition) is 3. The molecule has 0 unspecified atom stereocenters. The average Bonchev–Trinajstić information content (AvgIpc) is 3.51. The van der Waals surface area contributed by atoms with Gasteiger partial charge >= 0.3 is 0 Å². The Kier molecular flexibility index (Phi) is 4.79. The topological polar surface area (TPSA) is 38.9 Å². The van der Waals surface area contributed by atoms with Gasteiger partial charge in [-0.15, -0.1) is 0 Å². The second-order valence-corrected chi connectivity index (χ2v) is 10.2. The summed E-state index contributed by atoms with van der Waals surface area (Å²) in [5, 5.41) is 2.01. The Bertz CT molecular complexity index is 1990. The first-order chi connectivity index (χ1) is 19.2. The number of aromatic nitrogens is 2. The average molecular weight is 521 g/mol. The van der Waals surface area contributed by atoms with E-state index in [-0.39, 0.29) is 5.28 Å². The van der Waals surface area contributed by atoms with Gasteiger partial charge in [-0.2, -0.15) is 4.98 Å². The van der Waals surface area contributed by atoms with Crippen LogP contribution in [-0.2, 0) is 5.41 Å². The van der Waals surface area contributed by atoms with Crippen molar-refractivity contribution >= 4 is 33.7 Å². The second-order valence-electron chi connectivity index (χ2n) is 9.91. The molecule has 3 nitrogen and oxygen atoms in total. The fourth-order valence-corrected chi connectivity index (χ4v) is 6.56. The molecule has 0 saturated carbocycles. The SMILES string of the molecule is Clc1nc(-c2ccc3c(c2)C(c2ccccc2)(c2ccccc2)c2ccccc2-3)c2c(n1)oc1ccccc12. The molecule has 0 aliphatic heterocycles. The number of para-hydroxylation sites is 1. The van der Waals surface area contributed by atoms with Crippen LogP contribution in [-0.4, -0.2) is 9.97 Å². The minimum Gasteiger partial charge on any atom is -0.438 e. The molecule has 0 bridgehead atoms. The highest BCUT2D eigenvalue weighted by Gasteiger charge is 2.46. The van der Waals surface area contributed by atoms with Gasteiger partial charge in [0.1, 0.15) is 5.58 Å². The molecule has 4 heteroatoms. The third-order valence-electron chi connectivity index (χ3n) is 7.94. The Morgan fingerprint density at radius 1 is 0.590 bits per heavy atom. The van der Waals surface area contributed by atoms with Gasteiger partial charge in [-0.25, -0.2) is 4.98 Å². The Morgan fingerprint density at radius 3 is 2.00 bits per heavy atom. The van der Waals surface area contributed by atoms with Crippen molar-refractivity contribution in [2.75, 3.05) is 0 Å². The number of nitrogens with zero attached hydrogens (tertiary/aromatic N) is 2. The molecule has 184 valence electrons. The maximum Gasteiger partial charge on any atom is 0.232 e. The Balaban J connectivity index is 1.49. The van der Waals surface area contributed by atoms with Gasteiger partial charge in [0.05, 0.1) is 16.5 Å². The van der Waals surface area contributed by atoms with E-state index in [0.29, 0.717) is 5.71 Å². The molecular formula is C35H21ClN2O. The monoisotopic (exact) mass is 520 g/mol. The predicted octanol–water partition coefficient (Wildman–Crippen LogP) is 9.06. The van der Waals surface area contributed by atoms with Gasteiger partial charge in [0.15, 0.2) is 0 Å². The lowest BCUT2D eigenvalue weighted by Crippen LogP contribution is -2.28. The Morgan fingerprint density at radius 2 is 1.23 bits per heavy atom. The highest BCUT2D eigenvalue weighted by molar-refractivity contribution is 6.29. The highest BCUT2D eigenvalue weighted by Crippen LogP contribution is 2.56. The summed E-state index contributed by atoms with van der Waals surface area (Å²) in [6.07, 6.45) is 0. The van der Waals surface area contributed by atoms with Gasteiger partial charge in [0.2, 0.25) is 11.0 Å². The highest BCUT2D eigenvalue weighted by atomic mass is 35.5. The first-order valence-corrected chi connectivity index (χ1v) is 13.3. The summed E-state index contributed by atoms with van der Waals surface area (Å²) < 4.78 is 6.08. The molecular weight excluding hydrogens is 500 g/mol. The molecule has 0 radical (unpaired) electrons. The molecule has 7 aromatic rings. The summed E-state index contributed by atoms with van der Waals surface area (Å²) >= 11 is 6.46. The van der Waals surface area contributed by atoms with E-state index in [0.717, 1.165) is 27.6 Å². The summed E-state index contributed by atoms with van der Waals surface area (Å²) in [7, 11) is 0. The van der Waals surface area contributed by atoms with Crippen molar-refractivity contribution in [1.29, 1.82) is 0 Å². The van der Waals surface area contributed by atoms with E-state index in [1.165, 1.54) is 33.4 Å². The van der Waals surface area contributed by atoms with Gasteiger partial charge < -0.3 is 4.42 Å². The number of fused-ring (bicyclic) bond motifs is 6. The lowest BCUT2D eigenvalue weighted by Gasteiger charge is -2.34. The first kappa shape index (κ1) is 22.3. The van der Waals surface area contributed by atoms with Crippen molar-refractivity contribution in [3.63, 3.8) is 0 Å². The lowest BCUT2D eigenvalue weighted by molar-refractivity contribution is 0.653. The normalized spacial score (nSPS) is 13.5. The van der Waals surface area contributed by atoms with Crippen molar-refractivity contribution in [3.05, 3.63) is 155 Å². The zero-order valence-electron chi connectivity index (χ0n) is 20.8. The second kappa shape index (κ2) is 8.39. The number of halogens is 1. The fraction of sp³-hybridized carbons (Fsp3) is 0.0286. The van der Waals surface area contributed by atoms with Gasteiger partial charge in [0.25, 0.3) is 0 Å². The van der Waals surface area contributed by atoms with Crippen LogP contribution in [0.3, 0.4) is 0 Å². The Hall–Kier alpha value is -4.73. The van der Waals surface area contributed by atoms with Crippen LogP contribution in [0.1, 0.15) is 22.3 Å². The molecule has 1 aliphatic carbocycles. The van der Waals surface area contributed by atoms with E-state index in [9.17, 15) is 0 Å². The lowest BCUT2D eigenvalue weighted by atomic mass is 9.67. The van der Waals surface area contributed by atoms with Crippen LogP contribution in [0, 0.1) is 0 Å². The minimum absolute atomic E-state index is 0.165. The summed E-state index contributed by atoms with van der Waals surface area (Å²) in [5.41, 5.74) is 9.90. The maximum absolute atomic E-state index is 6.46. The van der Waals surface area contributed by atoms with Crippen LogP contribution in [0.15, 0.2) is 132 Å². The van der Waals surface area contributed by atoms with Crippen molar-refractivity contribution in [3.8, 4) is 22.4 Å². The smallest absolute Gasteiger partial charge is 0.232 e. The molecule has 8 rings (SSSR count). The summed E-state index contributed by atoms with van der Waals surface area (Å²) in [4.78, 5) is 9.17. The van der Waals surface area contributed by atoms with Crippen LogP contribution in [0.4, 0.5) is 0 Å². The molecule has 2 heterocycles. The van der Waals surface area contributed by atoms with Gasteiger partial charge in [-0.3, -0.25) is 0 Å². The molecule has 0 spiro atoms. The van der Waals surface area contributed by atoms with Crippen LogP contribution in [0.2, 0.25) is 5.28 Å². The first-order valence-electron chi connectivity index (χ1n) is 13.0. The van der Waals surface area contributed by atoms with Crippen LogP contribution in [0.5, 0.6) is 0 Å². The number of rotatable bonds is 3. The maximum atomic E-state index is 6.46. The van der Waals surface area contributed by atoms with E-state index < -0.39 is 5.41 Å². The molecule has 0 N–H and O–H groups in total. The number of benzene rings is 5. The quantitative estimate of drug-likeness (QED) is 0.218. The summed E-state index contributed by atoms with van der Waals surface area (Å²) in [6, 6.07) is 44.9. The minimum atomic E-state index is -0.487. The molecule has 39 heavy (non-hydrogen) atoms. The van der Waals surface area contributed by atoms with Crippen LogP contribution < -0.4 is 0 Å². The van der Waals surface area contributed by atoms with E-state index >= 15 is 0 Å². The van der Waals surface area contributed by atoms with Crippen LogP contribution >= 0.6 is 11.6 Å². The van der Waals surface area contributed by atoms with Gasteiger partial charge in [-0.1, -0.05) is 115 Å². The van der Waals surface area contributed by atoms with E-state index in [4.69, 9.17) is 21.0 Å². The van der Waals surface area contributed by atoms with Gasteiger partial charge in [0, 0.05) is 10.9 Å². The van der Waals surface area contributed by atoms with E-state index in [1.54, 1.807) is 0 Å². The largest absolute Gasteiger partial charge is 0.438 e. The zero-order chi connectivity index (χ0) is 26.0. The number of hydrogen-bond donors (Lipinski definition) is 0. The molecule has 0 atom stereocenters. The van der Waals surface area contributed by atoms with Gasteiger partial charge in [-0.05, 0) is 57.1 Å². The standard InChI is InChI=1S/C35H21ClN2O/c36-34-37-32(31-27-16-8-10-18-30(27)39-33(31)38-34)22-19-20-26-25-15-7-9-17-28(25)35(29(26)21-22,23-11-3-1-4-12-23)24-13-5-2-6-14-24/h1-21H. The third kappa shape index (κ3) is 3.11. The fourth-order valence-electron chi connectivity index (χ4n) is 6.40. The summed E-state index contributed by atoms with van der Waals surface area (Å²) in [6.45, 7) is 0. The van der Waals surface area contributed by atoms with Crippen molar-refractivity contribution in [2.24, 2.45) is 0 Å². The predicted molar refractivity (Wildman–Crippen MR) is 157 cm³/mol. The molecule has 0 fully saturated rings. The Labute approximate surface area is 230 Å².